The molecule has 1 aromatic heterocycles. The van der Waals surface area contributed by atoms with Gasteiger partial charge in [0.15, 0.2) is 0 Å². The number of piperidine rings is 1. The molecule has 1 saturated heterocycles. The lowest BCUT2D eigenvalue weighted by molar-refractivity contribution is 0.0687. The monoisotopic (exact) mass is 480 g/mol. The summed E-state index contributed by atoms with van der Waals surface area (Å²) in [5, 5.41) is 4.80. The van der Waals surface area contributed by atoms with Gasteiger partial charge < -0.3 is 4.90 Å². The first-order chi connectivity index (χ1) is 16.1. The largest absolute Gasteiger partial charge is 0.338 e. The van der Waals surface area contributed by atoms with Gasteiger partial charge in [0.1, 0.15) is 5.69 Å². The number of amides is 1. The van der Waals surface area contributed by atoms with Crippen molar-refractivity contribution < 1.29 is 13.2 Å². The Kier molecular flexibility index (Phi) is 6.91. The van der Waals surface area contributed by atoms with Crippen molar-refractivity contribution in [1.29, 1.82) is 0 Å². The number of hydrogen-bond acceptors (Lipinski definition) is 4. The number of carbonyl (C=O) groups excluding carboxylic acids is 1. The van der Waals surface area contributed by atoms with Gasteiger partial charge in [-0.15, -0.1) is 0 Å². The molecule has 0 spiro atoms. The molecule has 34 heavy (non-hydrogen) atoms. The van der Waals surface area contributed by atoms with E-state index in [1.54, 1.807) is 7.05 Å². The lowest BCUT2D eigenvalue weighted by Crippen LogP contribution is -2.47. The summed E-state index contributed by atoms with van der Waals surface area (Å²) in [7, 11) is -1.64. The maximum absolute atomic E-state index is 13.6. The van der Waals surface area contributed by atoms with Crippen LogP contribution in [-0.4, -0.2) is 65.7 Å². The van der Waals surface area contributed by atoms with E-state index in [-0.39, 0.29) is 11.9 Å². The molecule has 0 saturated carbocycles. The predicted molar refractivity (Wildman–Crippen MR) is 134 cm³/mol. The molecule has 0 unspecified atom stereocenters. The third-order valence-electron chi connectivity index (χ3n) is 6.57. The Bertz CT molecular complexity index is 1260. The second-order valence-corrected chi connectivity index (χ2v) is 11.3. The Hall–Kier alpha value is -2.97. The average Bonchev–Trinajstić information content (AvgIpc) is 3.23. The number of likely N-dealkylation sites (tertiary alicyclic amines) is 1. The van der Waals surface area contributed by atoms with Gasteiger partial charge in [0, 0.05) is 37.9 Å². The minimum atomic E-state index is -3.25. The molecule has 8 heteroatoms. The zero-order chi connectivity index (χ0) is 24.5. The summed E-state index contributed by atoms with van der Waals surface area (Å²) in [6.07, 6.45) is 4.30. The summed E-state index contributed by atoms with van der Waals surface area (Å²) in [5.74, 6) is -0.0637. The molecule has 1 fully saturated rings. The second-order valence-electron chi connectivity index (χ2n) is 9.24. The van der Waals surface area contributed by atoms with E-state index in [0.29, 0.717) is 43.7 Å². The second kappa shape index (κ2) is 9.72. The van der Waals surface area contributed by atoms with E-state index >= 15 is 0 Å². The number of benzene rings is 2. The minimum absolute atomic E-state index is 0.0637. The Balaban J connectivity index is 1.59. The summed E-state index contributed by atoms with van der Waals surface area (Å²) in [5.41, 5.74) is 5.62. The first kappa shape index (κ1) is 24.2. The van der Waals surface area contributed by atoms with Crippen LogP contribution >= 0.6 is 0 Å². The zero-order valence-electron chi connectivity index (χ0n) is 20.2. The van der Waals surface area contributed by atoms with Crippen molar-refractivity contribution in [2.24, 2.45) is 0 Å². The van der Waals surface area contributed by atoms with Crippen LogP contribution in [0.2, 0.25) is 0 Å². The van der Waals surface area contributed by atoms with E-state index in [1.165, 1.54) is 16.1 Å². The van der Waals surface area contributed by atoms with Crippen LogP contribution in [0, 0.1) is 13.8 Å². The molecule has 1 amide bonds. The Morgan fingerprint density at radius 3 is 2.12 bits per heavy atom. The van der Waals surface area contributed by atoms with Gasteiger partial charge >= 0.3 is 0 Å². The third kappa shape index (κ3) is 5.39. The van der Waals surface area contributed by atoms with E-state index in [2.05, 4.69) is 31.2 Å². The minimum Gasteiger partial charge on any atom is -0.338 e. The third-order valence-corrected chi connectivity index (χ3v) is 7.92. The average molecular weight is 481 g/mol. The molecule has 180 valence electrons. The molecule has 7 nitrogen and oxygen atoms in total. The summed E-state index contributed by atoms with van der Waals surface area (Å²) >= 11 is 0. The number of aromatic nitrogens is 2. The summed E-state index contributed by atoms with van der Waals surface area (Å²) in [6.45, 7) is 5.69. The van der Waals surface area contributed by atoms with Crippen molar-refractivity contribution in [2.75, 3.05) is 26.4 Å². The molecule has 0 bridgehead atoms. The summed E-state index contributed by atoms with van der Waals surface area (Å²) in [4.78, 5) is 15.4. The maximum atomic E-state index is 13.6. The van der Waals surface area contributed by atoms with Crippen LogP contribution in [0.25, 0.3) is 11.3 Å². The molecule has 4 rings (SSSR count). The van der Waals surface area contributed by atoms with Gasteiger partial charge in [-0.25, -0.2) is 12.7 Å². The van der Waals surface area contributed by atoms with Crippen molar-refractivity contribution in [3.05, 3.63) is 77.0 Å². The Morgan fingerprint density at radius 1 is 1.00 bits per heavy atom. The van der Waals surface area contributed by atoms with Gasteiger partial charge in [-0.05, 0) is 32.3 Å². The highest BCUT2D eigenvalue weighted by atomic mass is 32.2. The molecule has 3 aromatic rings. The van der Waals surface area contributed by atoms with Crippen LogP contribution < -0.4 is 0 Å². The van der Waals surface area contributed by atoms with Crippen LogP contribution in [-0.2, 0) is 16.6 Å². The SMILES string of the molecule is Cc1ccc(Cn2cc(C(=O)N3CCC(N(C)S(C)(=O)=O)CC3)c(-c3ccc(C)cc3)n2)cc1. The molecule has 0 radical (unpaired) electrons. The molecule has 1 aliphatic rings. The number of aryl methyl sites for hydroxylation is 2. The highest BCUT2D eigenvalue weighted by Crippen LogP contribution is 2.26. The molecular formula is C26H32N4O3S. The quantitative estimate of drug-likeness (QED) is 0.539. The highest BCUT2D eigenvalue weighted by Gasteiger charge is 2.31. The fraction of sp³-hybridized carbons (Fsp3) is 0.385. The number of sulfonamides is 1. The maximum Gasteiger partial charge on any atom is 0.257 e. The van der Waals surface area contributed by atoms with E-state index in [9.17, 15) is 13.2 Å². The van der Waals surface area contributed by atoms with Gasteiger partial charge in [0.05, 0.1) is 18.4 Å². The van der Waals surface area contributed by atoms with Crippen molar-refractivity contribution in [2.45, 2.75) is 39.3 Å². The van der Waals surface area contributed by atoms with Crippen molar-refractivity contribution in [3.8, 4) is 11.3 Å². The molecule has 2 aromatic carbocycles. The van der Waals surface area contributed by atoms with Gasteiger partial charge in [-0.3, -0.25) is 9.48 Å². The molecule has 1 aliphatic heterocycles. The van der Waals surface area contributed by atoms with E-state index < -0.39 is 10.0 Å². The number of nitrogens with zero attached hydrogens (tertiary/aromatic N) is 4. The normalized spacial score (nSPS) is 15.1. The van der Waals surface area contributed by atoms with Crippen LogP contribution in [0.15, 0.2) is 54.7 Å². The fourth-order valence-electron chi connectivity index (χ4n) is 4.34. The lowest BCUT2D eigenvalue weighted by atomic mass is 10.0. The van der Waals surface area contributed by atoms with Crippen LogP contribution in [0.3, 0.4) is 0 Å². The van der Waals surface area contributed by atoms with Crippen molar-refractivity contribution in [3.63, 3.8) is 0 Å². The molecule has 0 atom stereocenters. The zero-order valence-corrected chi connectivity index (χ0v) is 21.0. The molecule has 2 heterocycles. The molecular weight excluding hydrogens is 448 g/mol. The lowest BCUT2D eigenvalue weighted by Gasteiger charge is -2.35. The molecule has 0 aliphatic carbocycles. The fourth-order valence-corrected chi connectivity index (χ4v) is 5.09. The summed E-state index contributed by atoms with van der Waals surface area (Å²) in [6, 6.07) is 16.3. The van der Waals surface area contributed by atoms with Gasteiger partial charge in [0.25, 0.3) is 5.91 Å². The first-order valence-corrected chi connectivity index (χ1v) is 13.4. The van der Waals surface area contributed by atoms with Gasteiger partial charge in [-0.2, -0.15) is 5.10 Å². The Morgan fingerprint density at radius 2 is 1.56 bits per heavy atom. The van der Waals surface area contributed by atoms with Gasteiger partial charge in [0.2, 0.25) is 10.0 Å². The Labute approximate surface area is 202 Å². The molecule has 0 N–H and O–H groups in total. The number of carbonyl (C=O) groups is 1. The first-order valence-electron chi connectivity index (χ1n) is 11.5. The van der Waals surface area contributed by atoms with Crippen LogP contribution in [0.1, 0.15) is 39.9 Å². The highest BCUT2D eigenvalue weighted by molar-refractivity contribution is 7.88. The predicted octanol–water partition coefficient (Wildman–Crippen LogP) is 3.71. The standard InChI is InChI=1S/C26H32N4O3S/c1-19-5-9-21(10-6-19)17-30-18-24(25(27-30)22-11-7-20(2)8-12-22)26(31)29-15-13-23(14-16-29)28(3)34(4,32)33/h5-12,18,23H,13-17H2,1-4H3. The van der Waals surface area contributed by atoms with Crippen molar-refractivity contribution in [1.82, 2.24) is 19.0 Å². The van der Waals surface area contributed by atoms with E-state index in [0.717, 1.165) is 16.7 Å². The van der Waals surface area contributed by atoms with Crippen LogP contribution in [0.4, 0.5) is 0 Å². The van der Waals surface area contributed by atoms with E-state index in [4.69, 9.17) is 5.10 Å². The topological polar surface area (TPSA) is 75.5 Å². The summed E-state index contributed by atoms with van der Waals surface area (Å²) < 4.78 is 27.1. The number of rotatable bonds is 6. The smallest absolute Gasteiger partial charge is 0.257 e. The van der Waals surface area contributed by atoms with Crippen molar-refractivity contribution >= 4 is 15.9 Å². The number of hydrogen-bond donors (Lipinski definition) is 0. The van der Waals surface area contributed by atoms with E-state index in [1.807, 2.05) is 47.0 Å². The van der Waals surface area contributed by atoms with Gasteiger partial charge in [-0.1, -0.05) is 59.7 Å². The van der Waals surface area contributed by atoms with Crippen LogP contribution in [0.5, 0.6) is 0 Å².